The second-order valence-corrected chi connectivity index (χ2v) is 1.96. The summed E-state index contributed by atoms with van der Waals surface area (Å²) in [6, 6.07) is 0. The predicted molar refractivity (Wildman–Crippen MR) is 30.0 cm³/mol. The lowest BCUT2D eigenvalue weighted by Gasteiger charge is -1.68. The quantitative estimate of drug-likeness (QED) is 0.324. The number of rotatable bonds is 0. The van der Waals surface area contributed by atoms with Crippen molar-refractivity contribution < 1.29 is 22.3 Å². The van der Waals surface area contributed by atoms with Gasteiger partial charge in [-0.1, -0.05) is 0 Å². The van der Waals surface area contributed by atoms with Crippen molar-refractivity contribution in [2.24, 2.45) is 0 Å². The summed E-state index contributed by atoms with van der Waals surface area (Å²) in [6.45, 7) is 2.00. The summed E-state index contributed by atoms with van der Waals surface area (Å²) < 4.78 is 36.1. The Morgan fingerprint density at radius 3 is 1.33 bits per heavy atom. The molecule has 0 unspecified atom stereocenters. The molecule has 1 aliphatic heterocycles. The molecule has 6 nitrogen and oxygen atoms in total. The van der Waals surface area contributed by atoms with Crippen LogP contribution < -0.4 is 6.15 Å². The maximum Gasteiger partial charge on any atom is 0.394 e. The fourth-order valence-electron chi connectivity index (χ4n) is 0. The van der Waals surface area contributed by atoms with Crippen LogP contribution in [0.5, 0.6) is 0 Å². The molecule has 1 saturated heterocycles. The molecule has 1 aliphatic rings. The zero-order valence-electron chi connectivity index (χ0n) is 4.65. The van der Waals surface area contributed by atoms with Gasteiger partial charge in [-0.3, -0.25) is 9.11 Å². The van der Waals surface area contributed by atoms with Gasteiger partial charge in [0.05, 0.1) is 13.2 Å². The molecule has 0 radical (unpaired) electrons. The van der Waals surface area contributed by atoms with Crippen molar-refractivity contribution in [2.75, 3.05) is 13.2 Å². The Kier molecular flexibility index (Phi) is 5.98. The molecule has 0 aromatic carbocycles. The van der Waals surface area contributed by atoms with Gasteiger partial charge in [0.1, 0.15) is 0 Å². The topological polar surface area (TPSA) is 122 Å². The van der Waals surface area contributed by atoms with Crippen LogP contribution in [0.3, 0.4) is 0 Å². The molecular formula is C2H9NO5S. The SMILES string of the molecule is C1CO1.N.O=S(=O)(O)O. The van der Waals surface area contributed by atoms with Gasteiger partial charge in [-0.2, -0.15) is 8.42 Å². The molecule has 0 amide bonds. The van der Waals surface area contributed by atoms with Gasteiger partial charge in [-0.15, -0.1) is 0 Å². The Morgan fingerprint density at radius 1 is 1.22 bits per heavy atom. The van der Waals surface area contributed by atoms with Crippen molar-refractivity contribution >= 4 is 10.4 Å². The van der Waals surface area contributed by atoms with E-state index >= 15 is 0 Å². The lowest BCUT2D eigenvalue weighted by Crippen LogP contribution is -1.89. The average Bonchev–Trinajstić information content (AvgIpc) is 1.95. The molecular weight excluding hydrogens is 150 g/mol. The van der Waals surface area contributed by atoms with E-state index in [2.05, 4.69) is 4.74 Å². The molecule has 0 aromatic heterocycles. The van der Waals surface area contributed by atoms with E-state index < -0.39 is 10.4 Å². The van der Waals surface area contributed by atoms with Gasteiger partial charge in [-0.05, 0) is 0 Å². The van der Waals surface area contributed by atoms with Crippen molar-refractivity contribution in [3.05, 3.63) is 0 Å². The van der Waals surface area contributed by atoms with Crippen LogP contribution in [0.1, 0.15) is 0 Å². The minimum atomic E-state index is -4.67. The zero-order valence-corrected chi connectivity index (χ0v) is 5.47. The number of hydrogen-bond donors (Lipinski definition) is 3. The van der Waals surface area contributed by atoms with Gasteiger partial charge < -0.3 is 10.9 Å². The molecule has 1 heterocycles. The van der Waals surface area contributed by atoms with Crippen molar-refractivity contribution in [2.45, 2.75) is 0 Å². The highest BCUT2D eigenvalue weighted by atomic mass is 32.3. The molecule has 1 rings (SSSR count). The van der Waals surface area contributed by atoms with E-state index in [9.17, 15) is 0 Å². The second kappa shape index (κ2) is 4.65. The molecule has 0 spiro atoms. The molecule has 0 atom stereocenters. The van der Waals surface area contributed by atoms with Gasteiger partial charge in [0.15, 0.2) is 0 Å². The smallest absolute Gasteiger partial charge is 0.377 e. The third-order valence-corrected chi connectivity index (χ3v) is 0.204. The first-order valence-electron chi connectivity index (χ1n) is 1.78. The molecule has 1 fully saturated rings. The van der Waals surface area contributed by atoms with Crippen LogP contribution in [-0.4, -0.2) is 30.7 Å². The normalized spacial score (nSPS) is 14.4. The number of hydrogen-bond acceptors (Lipinski definition) is 4. The zero-order chi connectivity index (χ0) is 6.62. The molecule has 0 aliphatic carbocycles. The lowest BCUT2D eigenvalue weighted by atomic mass is 11.0. The first-order valence-corrected chi connectivity index (χ1v) is 3.17. The molecule has 0 aromatic rings. The summed E-state index contributed by atoms with van der Waals surface area (Å²) in [5, 5.41) is 0. The van der Waals surface area contributed by atoms with Gasteiger partial charge in [0.25, 0.3) is 0 Å². The van der Waals surface area contributed by atoms with Crippen LogP contribution in [0.4, 0.5) is 0 Å². The Bertz CT molecular complexity index is 126. The first-order chi connectivity index (χ1) is 3.50. The Morgan fingerprint density at radius 2 is 1.33 bits per heavy atom. The van der Waals surface area contributed by atoms with Crippen molar-refractivity contribution in [1.29, 1.82) is 0 Å². The third kappa shape index (κ3) is 418. The van der Waals surface area contributed by atoms with E-state index in [-0.39, 0.29) is 6.15 Å². The van der Waals surface area contributed by atoms with E-state index in [1.54, 1.807) is 0 Å². The molecule has 9 heavy (non-hydrogen) atoms. The molecule has 0 saturated carbocycles. The second-order valence-electron chi connectivity index (χ2n) is 1.06. The monoisotopic (exact) mass is 159 g/mol. The molecule has 7 heteroatoms. The van der Waals surface area contributed by atoms with Gasteiger partial charge >= 0.3 is 10.4 Å². The van der Waals surface area contributed by atoms with Gasteiger partial charge in [-0.25, -0.2) is 0 Å². The Labute approximate surface area is 53.0 Å². The minimum absolute atomic E-state index is 0. The van der Waals surface area contributed by atoms with E-state index in [1.807, 2.05) is 0 Å². The summed E-state index contributed by atoms with van der Waals surface area (Å²) in [7, 11) is -4.67. The predicted octanol–water partition coefficient (Wildman–Crippen LogP) is -0.474. The van der Waals surface area contributed by atoms with E-state index in [1.165, 1.54) is 0 Å². The summed E-state index contributed by atoms with van der Waals surface area (Å²) in [5.41, 5.74) is 0. The highest BCUT2D eigenvalue weighted by Crippen LogP contribution is 1.84. The third-order valence-electron chi connectivity index (χ3n) is 0.204. The maximum atomic E-state index is 8.74. The number of ether oxygens (including phenoxy) is 1. The summed E-state index contributed by atoms with van der Waals surface area (Å²) in [6.07, 6.45) is 0. The van der Waals surface area contributed by atoms with Crippen molar-refractivity contribution in [1.82, 2.24) is 6.15 Å². The largest absolute Gasteiger partial charge is 0.394 e. The van der Waals surface area contributed by atoms with Gasteiger partial charge in [0.2, 0.25) is 0 Å². The first kappa shape index (κ1) is 11.6. The summed E-state index contributed by atoms with van der Waals surface area (Å²) >= 11 is 0. The van der Waals surface area contributed by atoms with Crippen molar-refractivity contribution in [3.8, 4) is 0 Å². The molecule has 5 N–H and O–H groups in total. The van der Waals surface area contributed by atoms with E-state index in [0.29, 0.717) is 0 Å². The minimum Gasteiger partial charge on any atom is -0.377 e. The maximum absolute atomic E-state index is 8.74. The standard InChI is InChI=1S/C2H4O.H3N.H2O4S/c1-2-3-1;;1-5(2,3)4/h1-2H2;1H3;(H2,1,2,3,4). The van der Waals surface area contributed by atoms with Crippen LogP contribution in [-0.2, 0) is 15.1 Å². The van der Waals surface area contributed by atoms with Gasteiger partial charge in [0, 0.05) is 0 Å². The van der Waals surface area contributed by atoms with E-state index in [0.717, 1.165) is 13.2 Å². The van der Waals surface area contributed by atoms with Crippen LogP contribution in [0, 0.1) is 0 Å². The Hall–Kier alpha value is -0.210. The van der Waals surface area contributed by atoms with Crippen molar-refractivity contribution in [3.63, 3.8) is 0 Å². The highest BCUT2D eigenvalue weighted by Gasteiger charge is 1.94. The Balaban J connectivity index is 0. The van der Waals surface area contributed by atoms with Crippen LogP contribution in [0.25, 0.3) is 0 Å². The average molecular weight is 159 g/mol. The summed E-state index contributed by atoms with van der Waals surface area (Å²) in [5.74, 6) is 0. The van der Waals surface area contributed by atoms with E-state index in [4.69, 9.17) is 17.5 Å². The van der Waals surface area contributed by atoms with Crippen LogP contribution in [0.15, 0.2) is 0 Å². The number of epoxide rings is 1. The summed E-state index contributed by atoms with van der Waals surface area (Å²) in [4.78, 5) is 0. The highest BCUT2D eigenvalue weighted by molar-refractivity contribution is 7.79. The molecule has 58 valence electrons. The van der Waals surface area contributed by atoms with Crippen LogP contribution >= 0.6 is 0 Å². The van der Waals surface area contributed by atoms with Crippen LogP contribution in [0.2, 0.25) is 0 Å². The fourth-order valence-corrected chi connectivity index (χ4v) is 0. The lowest BCUT2D eigenvalue weighted by molar-refractivity contribution is 0.381. The fraction of sp³-hybridized carbons (Fsp3) is 1.00. The molecule has 0 bridgehead atoms.